The molecule has 1 heterocycles. The van der Waals surface area contributed by atoms with Crippen molar-refractivity contribution in [3.63, 3.8) is 0 Å². The van der Waals surface area contributed by atoms with Gasteiger partial charge in [0.25, 0.3) is 0 Å². The number of quaternary nitrogens is 1. The Kier molecular flexibility index (Phi) is 5.44. The van der Waals surface area contributed by atoms with Crippen LogP contribution >= 0.6 is 0 Å². The minimum atomic E-state index is -0.376. The summed E-state index contributed by atoms with van der Waals surface area (Å²) < 4.78 is 5.73. The van der Waals surface area contributed by atoms with Gasteiger partial charge in [0.1, 0.15) is 25.0 Å². The van der Waals surface area contributed by atoms with Crippen LogP contribution in [-0.2, 0) is 0 Å². The van der Waals surface area contributed by atoms with Crippen LogP contribution in [0.4, 0.5) is 0 Å². The predicted molar refractivity (Wildman–Crippen MR) is 81.4 cm³/mol. The molecule has 2 N–H and O–H groups in total. The first-order valence-corrected chi connectivity index (χ1v) is 7.75. The highest BCUT2D eigenvalue weighted by molar-refractivity contribution is 5.32. The number of aryl methyl sites for hydroxylation is 2. The van der Waals surface area contributed by atoms with Crippen molar-refractivity contribution in [2.24, 2.45) is 5.92 Å². The molecule has 0 amide bonds. The topological polar surface area (TPSA) is 33.9 Å². The Morgan fingerprint density at radius 2 is 1.80 bits per heavy atom. The summed E-state index contributed by atoms with van der Waals surface area (Å²) in [5.41, 5.74) is 2.40. The fourth-order valence-electron chi connectivity index (χ4n) is 2.98. The van der Waals surface area contributed by atoms with E-state index in [1.165, 1.54) is 42.0 Å². The molecule has 3 nitrogen and oxygen atoms in total. The van der Waals surface area contributed by atoms with Gasteiger partial charge in [-0.15, -0.1) is 0 Å². The molecule has 1 aromatic carbocycles. The molecular weight excluding hydrogens is 250 g/mol. The Hall–Kier alpha value is -1.06. The van der Waals surface area contributed by atoms with Gasteiger partial charge >= 0.3 is 0 Å². The van der Waals surface area contributed by atoms with E-state index in [4.69, 9.17) is 4.74 Å². The molecule has 1 aliphatic rings. The highest BCUT2D eigenvalue weighted by atomic mass is 16.5. The molecule has 1 saturated heterocycles. The van der Waals surface area contributed by atoms with E-state index < -0.39 is 0 Å². The lowest BCUT2D eigenvalue weighted by atomic mass is 9.99. The SMILES string of the molecule is Cc1cc(C)cc(OC[C@H](O)C[NH+]2CCC(C)CC2)c1. The highest BCUT2D eigenvalue weighted by Crippen LogP contribution is 2.16. The van der Waals surface area contributed by atoms with E-state index in [1.807, 2.05) is 12.1 Å². The van der Waals surface area contributed by atoms with Crippen molar-refractivity contribution in [3.05, 3.63) is 29.3 Å². The second kappa shape index (κ2) is 7.09. The van der Waals surface area contributed by atoms with Gasteiger partial charge in [-0.25, -0.2) is 0 Å². The summed E-state index contributed by atoms with van der Waals surface area (Å²) >= 11 is 0. The van der Waals surface area contributed by atoms with E-state index in [-0.39, 0.29) is 6.10 Å². The smallest absolute Gasteiger partial charge is 0.137 e. The molecular formula is C17H28NO2+. The lowest BCUT2D eigenvalue weighted by Crippen LogP contribution is -3.14. The summed E-state index contributed by atoms with van der Waals surface area (Å²) in [6, 6.07) is 6.17. The van der Waals surface area contributed by atoms with Gasteiger partial charge in [-0.05, 0) is 55.9 Å². The number of aliphatic hydroxyl groups excluding tert-OH is 1. The fourth-order valence-corrected chi connectivity index (χ4v) is 2.98. The van der Waals surface area contributed by atoms with Crippen LogP contribution in [0.5, 0.6) is 5.75 Å². The second-order valence-corrected chi connectivity index (χ2v) is 6.42. The summed E-state index contributed by atoms with van der Waals surface area (Å²) in [5.74, 6) is 1.71. The van der Waals surface area contributed by atoms with E-state index in [0.717, 1.165) is 18.2 Å². The summed E-state index contributed by atoms with van der Waals surface area (Å²) in [7, 11) is 0. The summed E-state index contributed by atoms with van der Waals surface area (Å²) in [6.45, 7) is 10.0. The molecule has 0 saturated carbocycles. The molecule has 1 fully saturated rings. The molecule has 1 atom stereocenters. The Morgan fingerprint density at radius 3 is 2.40 bits per heavy atom. The number of hydrogen-bond acceptors (Lipinski definition) is 2. The molecule has 0 bridgehead atoms. The van der Waals surface area contributed by atoms with Crippen LogP contribution in [0.15, 0.2) is 18.2 Å². The lowest BCUT2D eigenvalue weighted by molar-refractivity contribution is -0.909. The average molecular weight is 278 g/mol. The Balaban J connectivity index is 1.75. The summed E-state index contributed by atoms with van der Waals surface area (Å²) in [4.78, 5) is 1.51. The first-order chi connectivity index (χ1) is 9.52. The van der Waals surface area contributed by atoms with Crippen molar-refractivity contribution in [2.75, 3.05) is 26.2 Å². The first-order valence-electron chi connectivity index (χ1n) is 7.75. The number of benzene rings is 1. The number of aliphatic hydroxyl groups is 1. The second-order valence-electron chi connectivity index (χ2n) is 6.42. The van der Waals surface area contributed by atoms with E-state index >= 15 is 0 Å². The van der Waals surface area contributed by atoms with Gasteiger partial charge in [-0.2, -0.15) is 0 Å². The summed E-state index contributed by atoms with van der Waals surface area (Å²) in [6.07, 6.45) is 2.18. The Bertz CT molecular complexity index is 405. The number of piperidine rings is 1. The van der Waals surface area contributed by atoms with Crippen molar-refractivity contribution in [1.82, 2.24) is 0 Å². The molecule has 0 unspecified atom stereocenters. The van der Waals surface area contributed by atoms with E-state index in [2.05, 4.69) is 26.8 Å². The molecule has 3 heteroatoms. The molecule has 0 aromatic heterocycles. The van der Waals surface area contributed by atoms with Crippen molar-refractivity contribution < 1.29 is 14.7 Å². The normalized spacial score (nSPS) is 24.4. The van der Waals surface area contributed by atoms with E-state index in [0.29, 0.717) is 6.61 Å². The van der Waals surface area contributed by atoms with Gasteiger partial charge in [-0.3, -0.25) is 0 Å². The quantitative estimate of drug-likeness (QED) is 0.853. The molecule has 0 radical (unpaired) electrons. The monoisotopic (exact) mass is 278 g/mol. The molecule has 20 heavy (non-hydrogen) atoms. The van der Waals surface area contributed by atoms with Crippen molar-refractivity contribution >= 4 is 0 Å². The largest absolute Gasteiger partial charge is 0.491 e. The molecule has 1 aliphatic heterocycles. The zero-order chi connectivity index (χ0) is 14.5. The van der Waals surface area contributed by atoms with Gasteiger partial charge in [0.2, 0.25) is 0 Å². The number of ether oxygens (including phenoxy) is 1. The van der Waals surface area contributed by atoms with Gasteiger partial charge in [0, 0.05) is 0 Å². The van der Waals surface area contributed by atoms with Gasteiger partial charge in [-0.1, -0.05) is 13.0 Å². The minimum Gasteiger partial charge on any atom is -0.491 e. The number of nitrogens with one attached hydrogen (secondary N) is 1. The van der Waals surface area contributed by atoms with Crippen LogP contribution in [0.3, 0.4) is 0 Å². The van der Waals surface area contributed by atoms with Crippen LogP contribution in [0.1, 0.15) is 30.9 Å². The standard InChI is InChI=1S/C17H27NO2/c1-13-4-6-18(7-5-13)11-16(19)12-20-17-9-14(2)8-15(3)10-17/h8-10,13,16,19H,4-7,11-12H2,1-3H3/p+1/t16-/m1/s1. The van der Waals surface area contributed by atoms with Crippen molar-refractivity contribution in [2.45, 2.75) is 39.7 Å². The molecule has 1 aromatic rings. The van der Waals surface area contributed by atoms with Crippen LogP contribution in [0.2, 0.25) is 0 Å². The molecule has 2 rings (SSSR count). The van der Waals surface area contributed by atoms with Crippen LogP contribution < -0.4 is 9.64 Å². The van der Waals surface area contributed by atoms with Gasteiger partial charge in [0.05, 0.1) is 13.1 Å². The third-order valence-electron chi connectivity index (χ3n) is 4.14. The highest BCUT2D eigenvalue weighted by Gasteiger charge is 2.21. The molecule has 112 valence electrons. The van der Waals surface area contributed by atoms with Gasteiger partial charge < -0.3 is 14.7 Å². The minimum absolute atomic E-state index is 0.376. The fraction of sp³-hybridized carbons (Fsp3) is 0.647. The third-order valence-corrected chi connectivity index (χ3v) is 4.14. The third kappa shape index (κ3) is 4.80. The zero-order valence-electron chi connectivity index (χ0n) is 13.0. The molecule has 0 aliphatic carbocycles. The van der Waals surface area contributed by atoms with Crippen LogP contribution in [-0.4, -0.2) is 37.5 Å². The first kappa shape index (κ1) is 15.3. The van der Waals surface area contributed by atoms with Crippen LogP contribution in [0.25, 0.3) is 0 Å². The lowest BCUT2D eigenvalue weighted by Gasteiger charge is -2.28. The maximum Gasteiger partial charge on any atom is 0.137 e. The Morgan fingerprint density at radius 1 is 1.20 bits per heavy atom. The van der Waals surface area contributed by atoms with E-state index in [9.17, 15) is 5.11 Å². The predicted octanol–water partition coefficient (Wildman–Crippen LogP) is 1.36. The van der Waals surface area contributed by atoms with Crippen molar-refractivity contribution in [1.29, 1.82) is 0 Å². The van der Waals surface area contributed by atoms with Gasteiger partial charge in [0.15, 0.2) is 0 Å². The van der Waals surface area contributed by atoms with Crippen LogP contribution in [0, 0.1) is 19.8 Å². The molecule has 0 spiro atoms. The number of rotatable bonds is 5. The van der Waals surface area contributed by atoms with Crippen molar-refractivity contribution in [3.8, 4) is 5.75 Å². The maximum absolute atomic E-state index is 10.1. The maximum atomic E-state index is 10.1. The average Bonchev–Trinajstić information content (AvgIpc) is 2.38. The summed E-state index contributed by atoms with van der Waals surface area (Å²) in [5, 5.41) is 10.1. The number of likely N-dealkylation sites (tertiary alicyclic amines) is 1. The number of hydrogen-bond donors (Lipinski definition) is 2. The van der Waals surface area contributed by atoms with E-state index in [1.54, 1.807) is 0 Å². The Labute approximate surface area is 122 Å². The zero-order valence-corrected chi connectivity index (χ0v) is 13.0.